The van der Waals surface area contributed by atoms with Gasteiger partial charge in [-0.05, 0) is 24.8 Å². The average Bonchev–Trinajstić information content (AvgIpc) is 2.29. The van der Waals surface area contributed by atoms with Gasteiger partial charge in [0.05, 0.1) is 6.61 Å². The molecule has 2 heteroatoms. The third-order valence-electron chi connectivity index (χ3n) is 2.18. The Bertz CT molecular complexity index is 328. The fourth-order valence-corrected chi connectivity index (χ4v) is 1.36. The Hall–Kier alpha value is -1.57. The molecule has 0 radical (unpaired) electrons. The van der Waals surface area contributed by atoms with Crippen LogP contribution in [-0.2, 0) is 9.53 Å². The molecule has 0 aromatic heterocycles. The van der Waals surface area contributed by atoms with Crippen molar-refractivity contribution in [1.82, 2.24) is 0 Å². The molecule has 0 N–H and O–H groups in total. The maximum atomic E-state index is 10.5. The van der Waals surface area contributed by atoms with Gasteiger partial charge in [-0.3, -0.25) is 4.79 Å². The first-order chi connectivity index (χ1) is 7.79. The predicted octanol–water partition coefficient (Wildman–Crippen LogP) is 3.43. The van der Waals surface area contributed by atoms with E-state index in [0.29, 0.717) is 6.61 Å². The number of hydrogen-bond acceptors (Lipinski definition) is 2. The van der Waals surface area contributed by atoms with Crippen LogP contribution < -0.4 is 0 Å². The number of unbranched alkanes of at least 4 members (excludes halogenated alkanes) is 2. The van der Waals surface area contributed by atoms with E-state index in [1.165, 1.54) is 12.5 Å². The summed E-state index contributed by atoms with van der Waals surface area (Å²) in [7, 11) is 0. The van der Waals surface area contributed by atoms with E-state index in [-0.39, 0.29) is 5.97 Å². The van der Waals surface area contributed by atoms with E-state index in [1.807, 2.05) is 18.2 Å². The van der Waals surface area contributed by atoms with Crippen LogP contribution in [0.2, 0.25) is 0 Å². The number of carbonyl (C=O) groups is 1. The molecule has 1 rings (SSSR count). The van der Waals surface area contributed by atoms with Gasteiger partial charge in [0.25, 0.3) is 0 Å². The quantitative estimate of drug-likeness (QED) is 0.540. The third kappa shape index (κ3) is 6.02. The topological polar surface area (TPSA) is 26.3 Å². The van der Waals surface area contributed by atoms with Crippen molar-refractivity contribution >= 4 is 12.0 Å². The minimum Gasteiger partial charge on any atom is -0.466 e. The van der Waals surface area contributed by atoms with Crippen LogP contribution in [0.15, 0.2) is 36.4 Å². The number of esters is 1. The highest BCUT2D eigenvalue weighted by molar-refractivity contribution is 5.65. The van der Waals surface area contributed by atoms with E-state index in [9.17, 15) is 4.79 Å². The van der Waals surface area contributed by atoms with Crippen LogP contribution in [0.5, 0.6) is 0 Å². The molecule has 0 saturated heterocycles. The summed E-state index contributed by atoms with van der Waals surface area (Å²) in [5.41, 5.74) is 1.22. The molecule has 0 aliphatic rings. The van der Waals surface area contributed by atoms with Gasteiger partial charge in [-0.25, -0.2) is 0 Å². The van der Waals surface area contributed by atoms with Crippen LogP contribution in [-0.4, -0.2) is 12.6 Å². The van der Waals surface area contributed by atoms with Gasteiger partial charge in [-0.1, -0.05) is 42.5 Å². The van der Waals surface area contributed by atoms with Crippen LogP contribution in [0.1, 0.15) is 31.7 Å². The Morgan fingerprint density at radius 3 is 2.69 bits per heavy atom. The first kappa shape index (κ1) is 12.5. The fraction of sp³-hybridized carbons (Fsp3) is 0.357. The molecule has 86 valence electrons. The van der Waals surface area contributed by atoms with Gasteiger partial charge < -0.3 is 4.74 Å². The van der Waals surface area contributed by atoms with Gasteiger partial charge >= 0.3 is 5.97 Å². The van der Waals surface area contributed by atoms with Crippen molar-refractivity contribution in [3.8, 4) is 0 Å². The molecule has 16 heavy (non-hydrogen) atoms. The largest absolute Gasteiger partial charge is 0.466 e. The van der Waals surface area contributed by atoms with E-state index < -0.39 is 0 Å². The van der Waals surface area contributed by atoms with E-state index in [2.05, 4.69) is 24.3 Å². The zero-order valence-corrected chi connectivity index (χ0v) is 9.69. The lowest BCUT2D eigenvalue weighted by Gasteiger charge is -1.99. The van der Waals surface area contributed by atoms with Crippen molar-refractivity contribution in [2.75, 3.05) is 6.61 Å². The second kappa shape index (κ2) is 7.69. The minimum atomic E-state index is -0.195. The lowest BCUT2D eigenvalue weighted by atomic mass is 10.2. The highest BCUT2D eigenvalue weighted by Crippen LogP contribution is 2.04. The second-order valence-corrected chi connectivity index (χ2v) is 3.65. The molecule has 0 aliphatic carbocycles. The molecule has 0 heterocycles. The molecule has 0 atom stereocenters. The number of rotatable bonds is 6. The van der Waals surface area contributed by atoms with Gasteiger partial charge in [0.1, 0.15) is 0 Å². The zero-order valence-electron chi connectivity index (χ0n) is 9.69. The minimum absolute atomic E-state index is 0.195. The Balaban J connectivity index is 2.07. The highest BCUT2D eigenvalue weighted by atomic mass is 16.5. The molecule has 0 saturated carbocycles. The summed E-state index contributed by atoms with van der Waals surface area (Å²) in [6.45, 7) is 1.98. The molecule has 2 nitrogen and oxygen atoms in total. The fourth-order valence-electron chi connectivity index (χ4n) is 1.36. The predicted molar refractivity (Wildman–Crippen MR) is 66.0 cm³/mol. The molecular weight excluding hydrogens is 200 g/mol. The summed E-state index contributed by atoms with van der Waals surface area (Å²) in [6, 6.07) is 10.2. The van der Waals surface area contributed by atoms with Crippen molar-refractivity contribution < 1.29 is 9.53 Å². The zero-order chi connectivity index (χ0) is 11.6. The normalized spacial score (nSPS) is 10.6. The van der Waals surface area contributed by atoms with Crippen LogP contribution in [0.25, 0.3) is 6.08 Å². The van der Waals surface area contributed by atoms with Crippen molar-refractivity contribution in [2.24, 2.45) is 0 Å². The molecule has 1 aromatic carbocycles. The van der Waals surface area contributed by atoms with E-state index in [1.54, 1.807) is 0 Å². The summed E-state index contributed by atoms with van der Waals surface area (Å²) in [5.74, 6) is -0.195. The smallest absolute Gasteiger partial charge is 0.302 e. The molecule has 0 bridgehead atoms. The Morgan fingerprint density at radius 2 is 2.00 bits per heavy atom. The van der Waals surface area contributed by atoms with Crippen molar-refractivity contribution in [1.29, 1.82) is 0 Å². The highest BCUT2D eigenvalue weighted by Gasteiger charge is 1.91. The van der Waals surface area contributed by atoms with Crippen molar-refractivity contribution in [2.45, 2.75) is 26.2 Å². The van der Waals surface area contributed by atoms with Crippen LogP contribution in [0.3, 0.4) is 0 Å². The molecular formula is C14H18O2. The molecule has 1 aromatic rings. The number of carbonyl (C=O) groups excluding carboxylic acids is 1. The number of allylic oxidation sites excluding steroid dienone is 1. The molecule has 0 aliphatic heterocycles. The third-order valence-corrected chi connectivity index (χ3v) is 2.18. The monoisotopic (exact) mass is 218 g/mol. The molecule has 0 fully saturated rings. The van der Waals surface area contributed by atoms with Crippen LogP contribution >= 0.6 is 0 Å². The first-order valence-electron chi connectivity index (χ1n) is 5.64. The summed E-state index contributed by atoms with van der Waals surface area (Å²) >= 11 is 0. The maximum Gasteiger partial charge on any atom is 0.302 e. The lowest BCUT2D eigenvalue weighted by Crippen LogP contribution is -1.99. The van der Waals surface area contributed by atoms with Gasteiger partial charge in [0, 0.05) is 6.92 Å². The SMILES string of the molecule is CC(=O)OCCCC/C=C/c1ccccc1. The van der Waals surface area contributed by atoms with Crippen LogP contribution in [0, 0.1) is 0 Å². The first-order valence-corrected chi connectivity index (χ1v) is 5.64. The Labute approximate surface area is 96.9 Å². The molecule has 0 amide bonds. The number of hydrogen-bond donors (Lipinski definition) is 0. The van der Waals surface area contributed by atoms with Gasteiger partial charge in [0.2, 0.25) is 0 Å². The summed E-state index contributed by atoms with van der Waals surface area (Å²) in [6.07, 6.45) is 7.28. The summed E-state index contributed by atoms with van der Waals surface area (Å²) in [5, 5.41) is 0. The molecule has 0 unspecified atom stereocenters. The molecule has 0 spiro atoms. The summed E-state index contributed by atoms with van der Waals surface area (Å²) < 4.78 is 4.84. The lowest BCUT2D eigenvalue weighted by molar-refractivity contribution is -0.141. The van der Waals surface area contributed by atoms with E-state index >= 15 is 0 Å². The average molecular weight is 218 g/mol. The number of benzene rings is 1. The Morgan fingerprint density at radius 1 is 1.25 bits per heavy atom. The Kier molecular flexibility index (Phi) is 6.00. The maximum absolute atomic E-state index is 10.5. The van der Waals surface area contributed by atoms with E-state index in [0.717, 1.165) is 19.3 Å². The second-order valence-electron chi connectivity index (χ2n) is 3.65. The number of ether oxygens (including phenoxy) is 1. The van der Waals surface area contributed by atoms with Gasteiger partial charge in [0.15, 0.2) is 0 Å². The van der Waals surface area contributed by atoms with Crippen molar-refractivity contribution in [3.63, 3.8) is 0 Å². The van der Waals surface area contributed by atoms with Gasteiger partial charge in [-0.15, -0.1) is 0 Å². The van der Waals surface area contributed by atoms with Gasteiger partial charge in [-0.2, -0.15) is 0 Å². The standard InChI is InChI=1S/C14H18O2/c1-13(15)16-12-8-3-2-5-9-14-10-6-4-7-11-14/h4-7,9-11H,2-3,8,12H2,1H3/b9-5+. The van der Waals surface area contributed by atoms with E-state index in [4.69, 9.17) is 4.74 Å². The van der Waals surface area contributed by atoms with Crippen molar-refractivity contribution in [3.05, 3.63) is 42.0 Å². The summed E-state index contributed by atoms with van der Waals surface area (Å²) in [4.78, 5) is 10.5. The van der Waals surface area contributed by atoms with Crippen LogP contribution in [0.4, 0.5) is 0 Å².